The van der Waals surface area contributed by atoms with Crippen LogP contribution in [0.15, 0.2) is 12.2 Å². The molecule has 0 amide bonds. The second kappa shape index (κ2) is 37.3. The molecule has 0 spiro atoms. The lowest BCUT2D eigenvalue weighted by Gasteiger charge is -2.28. The Morgan fingerprint density at radius 1 is 0.556 bits per heavy atom. The van der Waals surface area contributed by atoms with Gasteiger partial charge in [-0.05, 0) is 38.5 Å². The number of phosphoric ester groups is 1. The predicted octanol–water partition coefficient (Wildman–Crippen LogP) is 11.9. The van der Waals surface area contributed by atoms with Crippen LogP contribution in [0.1, 0.15) is 206 Å². The molecule has 54 heavy (non-hydrogen) atoms. The van der Waals surface area contributed by atoms with Gasteiger partial charge in [0.15, 0.2) is 6.10 Å². The van der Waals surface area contributed by atoms with Crippen molar-refractivity contribution >= 4 is 19.8 Å². The topological polar surface area (TPSA) is 111 Å². The first-order chi connectivity index (χ1) is 26.0. The van der Waals surface area contributed by atoms with E-state index in [1.165, 1.54) is 135 Å². The second-order valence-corrected chi connectivity index (χ2v) is 17.8. The number of phosphoric acid groups is 1. The Morgan fingerprint density at radius 2 is 0.944 bits per heavy atom. The number of carbonyl (C=O) groups is 2. The smallest absolute Gasteiger partial charge is 0.306 e. The predicted molar refractivity (Wildman–Crippen MR) is 222 cm³/mol. The molecule has 0 rings (SSSR count). The molecule has 0 saturated carbocycles. The fourth-order valence-electron chi connectivity index (χ4n) is 6.24. The van der Waals surface area contributed by atoms with E-state index in [-0.39, 0.29) is 32.0 Å². The number of hydrogen-bond acceptors (Lipinski definition) is 8. The van der Waals surface area contributed by atoms with E-state index in [1.807, 2.05) is 21.1 Å². The van der Waals surface area contributed by atoms with Crippen LogP contribution in [0.3, 0.4) is 0 Å². The minimum atomic E-state index is -4.62. The summed E-state index contributed by atoms with van der Waals surface area (Å²) in [6.45, 7) is 4.23. The molecule has 2 atom stereocenters. The van der Waals surface area contributed by atoms with Crippen molar-refractivity contribution in [2.45, 2.75) is 213 Å². The van der Waals surface area contributed by atoms with Crippen molar-refractivity contribution in [3.05, 3.63) is 12.2 Å². The maximum absolute atomic E-state index is 12.7. The molecule has 0 aromatic heterocycles. The minimum Gasteiger partial charge on any atom is -0.756 e. The number of quaternary nitrogens is 1. The zero-order valence-corrected chi connectivity index (χ0v) is 36.8. The van der Waals surface area contributed by atoms with E-state index < -0.39 is 26.5 Å². The van der Waals surface area contributed by atoms with Crippen LogP contribution >= 0.6 is 7.82 Å². The van der Waals surface area contributed by atoms with Gasteiger partial charge in [-0.15, -0.1) is 0 Å². The summed E-state index contributed by atoms with van der Waals surface area (Å²) in [5.74, 6) is -0.850. The molecular formula is C44H86NO8P. The van der Waals surface area contributed by atoms with Gasteiger partial charge in [-0.3, -0.25) is 14.2 Å². The summed E-state index contributed by atoms with van der Waals surface area (Å²) in [6, 6.07) is 0. The van der Waals surface area contributed by atoms with E-state index in [2.05, 4.69) is 26.0 Å². The molecule has 10 heteroatoms. The Balaban J connectivity index is 4.35. The summed E-state index contributed by atoms with van der Waals surface area (Å²) >= 11 is 0. The van der Waals surface area contributed by atoms with E-state index >= 15 is 0 Å². The van der Waals surface area contributed by atoms with Crippen LogP contribution in [0, 0.1) is 0 Å². The molecular weight excluding hydrogens is 701 g/mol. The fraction of sp³-hybridized carbons (Fsp3) is 0.909. The van der Waals surface area contributed by atoms with Gasteiger partial charge in [0.2, 0.25) is 0 Å². The van der Waals surface area contributed by atoms with E-state index in [4.69, 9.17) is 18.5 Å². The SMILES string of the molecule is CCCCCCCCCCC/C=C\CCCCC(=O)OC(COC(=O)CCCCCCCCCCCCCCCCC)COP(=O)([O-])OCC[N+](C)(C)C. The molecule has 320 valence electrons. The molecule has 0 heterocycles. The summed E-state index contributed by atoms with van der Waals surface area (Å²) in [5, 5.41) is 0. The molecule has 0 aliphatic heterocycles. The minimum absolute atomic E-state index is 0.0311. The number of nitrogens with zero attached hydrogens (tertiary/aromatic N) is 1. The first kappa shape index (κ1) is 52.8. The van der Waals surface area contributed by atoms with Gasteiger partial charge in [-0.2, -0.15) is 0 Å². The van der Waals surface area contributed by atoms with Crippen LogP contribution in [0.5, 0.6) is 0 Å². The third-order valence-electron chi connectivity index (χ3n) is 9.79. The highest BCUT2D eigenvalue weighted by Gasteiger charge is 2.21. The molecule has 0 radical (unpaired) electrons. The lowest BCUT2D eigenvalue weighted by atomic mass is 10.0. The Labute approximate surface area is 333 Å². The molecule has 0 aromatic rings. The number of rotatable bonds is 41. The first-order valence-corrected chi connectivity index (χ1v) is 23.9. The number of hydrogen-bond donors (Lipinski definition) is 0. The van der Waals surface area contributed by atoms with Crippen molar-refractivity contribution in [2.75, 3.05) is 47.5 Å². The zero-order chi connectivity index (χ0) is 40.0. The van der Waals surface area contributed by atoms with Gasteiger partial charge in [0, 0.05) is 12.8 Å². The van der Waals surface area contributed by atoms with E-state index in [0.29, 0.717) is 17.4 Å². The Morgan fingerprint density at radius 3 is 1.41 bits per heavy atom. The summed E-state index contributed by atoms with van der Waals surface area (Å²) in [6.07, 6.45) is 38.1. The maximum Gasteiger partial charge on any atom is 0.306 e. The standard InChI is InChI=1S/C44H86NO8P/c1-6-8-10-12-14-16-18-20-22-24-26-28-30-32-34-36-43(46)50-40-42(41-52-54(48,49)51-39-38-45(3,4)5)53-44(47)37-35-33-31-29-27-25-23-21-19-17-15-13-11-9-7-2/h27,29,42H,6-26,28,30-41H2,1-5H3/b29-27-. The van der Waals surface area contributed by atoms with Crippen molar-refractivity contribution < 1.29 is 42.1 Å². The number of carbonyl (C=O) groups excluding carboxylic acids is 2. The molecule has 0 aromatic carbocycles. The van der Waals surface area contributed by atoms with Crippen LogP contribution in [-0.2, 0) is 32.7 Å². The van der Waals surface area contributed by atoms with Gasteiger partial charge in [0.25, 0.3) is 7.82 Å². The van der Waals surface area contributed by atoms with Crippen LogP contribution in [-0.4, -0.2) is 70.0 Å². The molecule has 0 saturated heterocycles. The highest BCUT2D eigenvalue weighted by molar-refractivity contribution is 7.45. The number of unbranched alkanes of at least 4 members (excludes halogenated alkanes) is 25. The van der Waals surface area contributed by atoms with Crippen LogP contribution < -0.4 is 4.89 Å². The van der Waals surface area contributed by atoms with Gasteiger partial charge in [-0.1, -0.05) is 167 Å². The number of ether oxygens (including phenoxy) is 2. The number of esters is 2. The van der Waals surface area contributed by atoms with Crippen molar-refractivity contribution in [1.82, 2.24) is 0 Å². The Kier molecular flexibility index (Phi) is 36.5. The van der Waals surface area contributed by atoms with E-state index in [1.54, 1.807) is 0 Å². The highest BCUT2D eigenvalue weighted by atomic mass is 31.2. The van der Waals surface area contributed by atoms with Crippen molar-refractivity contribution in [1.29, 1.82) is 0 Å². The van der Waals surface area contributed by atoms with Crippen molar-refractivity contribution in [2.24, 2.45) is 0 Å². The van der Waals surface area contributed by atoms with Crippen LogP contribution in [0.25, 0.3) is 0 Å². The molecule has 0 aliphatic rings. The molecule has 9 nitrogen and oxygen atoms in total. The van der Waals surface area contributed by atoms with E-state index in [9.17, 15) is 19.0 Å². The third-order valence-corrected chi connectivity index (χ3v) is 10.7. The van der Waals surface area contributed by atoms with Gasteiger partial charge in [0.1, 0.15) is 19.8 Å². The maximum atomic E-state index is 12.7. The highest BCUT2D eigenvalue weighted by Crippen LogP contribution is 2.38. The summed E-state index contributed by atoms with van der Waals surface area (Å²) in [7, 11) is 1.16. The van der Waals surface area contributed by atoms with Crippen LogP contribution in [0.2, 0.25) is 0 Å². The molecule has 0 aliphatic carbocycles. The second-order valence-electron chi connectivity index (χ2n) is 16.4. The summed E-state index contributed by atoms with van der Waals surface area (Å²) in [5.41, 5.74) is 0. The molecule has 0 bridgehead atoms. The first-order valence-electron chi connectivity index (χ1n) is 22.4. The Bertz CT molecular complexity index is 938. The average molecular weight is 788 g/mol. The van der Waals surface area contributed by atoms with Crippen LogP contribution in [0.4, 0.5) is 0 Å². The van der Waals surface area contributed by atoms with Gasteiger partial charge in [0.05, 0.1) is 27.7 Å². The lowest BCUT2D eigenvalue weighted by molar-refractivity contribution is -0.870. The van der Waals surface area contributed by atoms with Gasteiger partial charge >= 0.3 is 11.9 Å². The number of likely N-dealkylation sites (N-methyl/N-ethyl adjacent to an activating group) is 1. The normalized spacial score (nSPS) is 13.7. The molecule has 0 N–H and O–H groups in total. The average Bonchev–Trinajstić information content (AvgIpc) is 3.12. The summed E-state index contributed by atoms with van der Waals surface area (Å²) < 4.78 is 33.9. The monoisotopic (exact) mass is 788 g/mol. The Hall–Kier alpha value is -1.25. The fourth-order valence-corrected chi connectivity index (χ4v) is 6.97. The molecule has 2 unspecified atom stereocenters. The molecule has 0 fully saturated rings. The van der Waals surface area contributed by atoms with E-state index in [0.717, 1.165) is 38.5 Å². The van der Waals surface area contributed by atoms with Gasteiger partial charge in [-0.25, -0.2) is 0 Å². The zero-order valence-electron chi connectivity index (χ0n) is 35.9. The largest absolute Gasteiger partial charge is 0.756 e. The van der Waals surface area contributed by atoms with Crippen molar-refractivity contribution in [3.8, 4) is 0 Å². The number of allylic oxidation sites excluding steroid dienone is 2. The quantitative estimate of drug-likeness (QED) is 0.0198. The lowest BCUT2D eigenvalue weighted by Crippen LogP contribution is -2.37. The van der Waals surface area contributed by atoms with Gasteiger partial charge < -0.3 is 27.9 Å². The third kappa shape index (κ3) is 40.4. The van der Waals surface area contributed by atoms with Crippen molar-refractivity contribution in [3.63, 3.8) is 0 Å². The summed E-state index contributed by atoms with van der Waals surface area (Å²) in [4.78, 5) is 37.5.